The number of ketones is 1. The number of carbonyl (C=O) groups is 1. The lowest BCUT2D eigenvalue weighted by atomic mass is 10.0. The summed E-state index contributed by atoms with van der Waals surface area (Å²) in [5.74, 6) is 0.343. The van der Waals surface area contributed by atoms with Gasteiger partial charge in [-0.1, -0.05) is 6.92 Å². The van der Waals surface area contributed by atoms with Gasteiger partial charge < -0.3 is 5.73 Å². The summed E-state index contributed by atoms with van der Waals surface area (Å²) in [7, 11) is 0. The van der Waals surface area contributed by atoms with Gasteiger partial charge in [-0.05, 0) is 19.8 Å². The minimum Gasteiger partial charge on any atom is -0.328 e. The molecule has 0 radical (unpaired) electrons. The second-order valence-corrected chi connectivity index (χ2v) is 3.87. The predicted octanol–water partition coefficient (Wildman–Crippen LogP) is 0.777. The van der Waals surface area contributed by atoms with Crippen LogP contribution in [0.15, 0.2) is 0 Å². The van der Waals surface area contributed by atoms with Gasteiger partial charge in [-0.2, -0.15) is 0 Å². The van der Waals surface area contributed by atoms with Crippen LogP contribution in [0.4, 0.5) is 0 Å². The van der Waals surface area contributed by atoms with E-state index in [1.165, 1.54) is 0 Å². The molecule has 0 aliphatic carbocycles. The smallest absolute Gasteiger partial charge is 0.149 e. The van der Waals surface area contributed by atoms with Crippen LogP contribution in [-0.2, 0) is 4.79 Å². The van der Waals surface area contributed by atoms with Gasteiger partial charge in [0.2, 0.25) is 0 Å². The van der Waals surface area contributed by atoms with Crippen molar-refractivity contribution in [3.05, 3.63) is 0 Å². The van der Waals surface area contributed by atoms with E-state index in [1.54, 1.807) is 0 Å². The molecule has 0 saturated carbocycles. The summed E-state index contributed by atoms with van der Waals surface area (Å²) in [6.45, 7) is 5.89. The first kappa shape index (κ1) is 10.7. The van der Waals surface area contributed by atoms with Crippen LogP contribution in [-0.4, -0.2) is 35.9 Å². The molecule has 1 aliphatic rings. The van der Waals surface area contributed by atoms with Crippen LogP contribution in [0.25, 0.3) is 0 Å². The molecule has 1 atom stereocenters. The molecule has 1 aliphatic heterocycles. The fourth-order valence-electron chi connectivity index (χ4n) is 1.81. The van der Waals surface area contributed by atoms with Gasteiger partial charge >= 0.3 is 0 Å². The maximum atomic E-state index is 11.4. The third-order valence-corrected chi connectivity index (χ3v) is 2.94. The van der Waals surface area contributed by atoms with Gasteiger partial charge in [0, 0.05) is 25.6 Å². The summed E-state index contributed by atoms with van der Waals surface area (Å²) >= 11 is 0. The summed E-state index contributed by atoms with van der Waals surface area (Å²) in [6.07, 6.45) is 2.70. The number of piperidine rings is 1. The summed E-state index contributed by atoms with van der Waals surface area (Å²) in [5, 5.41) is 0. The van der Waals surface area contributed by atoms with E-state index >= 15 is 0 Å². The molecular weight excluding hydrogens is 164 g/mol. The van der Waals surface area contributed by atoms with Crippen molar-refractivity contribution in [3.8, 4) is 0 Å². The van der Waals surface area contributed by atoms with E-state index in [9.17, 15) is 4.79 Å². The molecule has 1 unspecified atom stereocenters. The Morgan fingerprint density at radius 2 is 2.08 bits per heavy atom. The minimum absolute atomic E-state index is 0.0949. The third kappa shape index (κ3) is 2.78. The largest absolute Gasteiger partial charge is 0.328 e. The van der Waals surface area contributed by atoms with Crippen molar-refractivity contribution in [1.82, 2.24) is 4.90 Å². The maximum Gasteiger partial charge on any atom is 0.149 e. The van der Waals surface area contributed by atoms with Crippen LogP contribution in [0.3, 0.4) is 0 Å². The Kier molecular flexibility index (Phi) is 3.88. The number of nitrogens with zero attached hydrogens (tertiary/aromatic N) is 1. The molecule has 3 heteroatoms. The second-order valence-electron chi connectivity index (χ2n) is 3.87. The molecular formula is C10H20N2O. The van der Waals surface area contributed by atoms with Crippen LogP contribution in [0.5, 0.6) is 0 Å². The summed E-state index contributed by atoms with van der Waals surface area (Å²) in [6, 6.07) is 0.442. The van der Waals surface area contributed by atoms with Gasteiger partial charge in [0.1, 0.15) is 5.78 Å². The Hall–Kier alpha value is -0.410. The standard InChI is InChI=1S/C10H20N2O/c1-3-10(13)8(2)12-6-4-9(11)5-7-12/h8-9H,3-7,11H2,1-2H3. The van der Waals surface area contributed by atoms with Crippen LogP contribution in [0, 0.1) is 0 Å². The molecule has 0 amide bonds. The van der Waals surface area contributed by atoms with Crippen molar-refractivity contribution in [2.24, 2.45) is 5.73 Å². The van der Waals surface area contributed by atoms with Crippen molar-refractivity contribution >= 4 is 5.78 Å². The van der Waals surface area contributed by atoms with Gasteiger partial charge in [0.05, 0.1) is 6.04 Å². The van der Waals surface area contributed by atoms with E-state index in [0.29, 0.717) is 18.2 Å². The van der Waals surface area contributed by atoms with Gasteiger partial charge in [-0.3, -0.25) is 9.69 Å². The van der Waals surface area contributed by atoms with Gasteiger partial charge in [-0.25, -0.2) is 0 Å². The number of nitrogens with two attached hydrogens (primary N) is 1. The summed E-state index contributed by atoms with van der Waals surface area (Å²) in [5.41, 5.74) is 5.79. The summed E-state index contributed by atoms with van der Waals surface area (Å²) < 4.78 is 0. The molecule has 0 aromatic heterocycles. The van der Waals surface area contributed by atoms with E-state index in [2.05, 4.69) is 4.90 Å². The number of likely N-dealkylation sites (tertiary alicyclic amines) is 1. The van der Waals surface area contributed by atoms with E-state index in [1.807, 2.05) is 13.8 Å². The van der Waals surface area contributed by atoms with Crippen LogP contribution in [0.1, 0.15) is 33.1 Å². The Labute approximate surface area is 80.3 Å². The Morgan fingerprint density at radius 3 is 2.54 bits per heavy atom. The highest BCUT2D eigenvalue weighted by molar-refractivity contribution is 5.83. The zero-order valence-electron chi connectivity index (χ0n) is 8.62. The average Bonchev–Trinajstić information content (AvgIpc) is 2.17. The quantitative estimate of drug-likeness (QED) is 0.705. The van der Waals surface area contributed by atoms with Gasteiger partial charge in [0.25, 0.3) is 0 Å². The van der Waals surface area contributed by atoms with E-state index in [-0.39, 0.29) is 6.04 Å². The van der Waals surface area contributed by atoms with E-state index in [0.717, 1.165) is 25.9 Å². The highest BCUT2D eigenvalue weighted by Crippen LogP contribution is 2.12. The number of hydrogen-bond acceptors (Lipinski definition) is 3. The number of hydrogen-bond donors (Lipinski definition) is 1. The Bertz CT molecular complexity index is 174. The first-order valence-corrected chi connectivity index (χ1v) is 5.17. The molecule has 0 aromatic carbocycles. The monoisotopic (exact) mass is 184 g/mol. The lowest BCUT2D eigenvalue weighted by Gasteiger charge is -2.33. The molecule has 0 spiro atoms. The highest BCUT2D eigenvalue weighted by Gasteiger charge is 2.23. The van der Waals surface area contributed by atoms with Crippen molar-refractivity contribution in [2.45, 2.75) is 45.2 Å². The molecule has 0 bridgehead atoms. The third-order valence-electron chi connectivity index (χ3n) is 2.94. The molecule has 3 nitrogen and oxygen atoms in total. The lowest BCUT2D eigenvalue weighted by molar-refractivity contribution is -0.123. The van der Waals surface area contributed by atoms with Crippen molar-refractivity contribution in [3.63, 3.8) is 0 Å². The molecule has 0 aromatic rings. The first-order valence-electron chi connectivity index (χ1n) is 5.17. The number of Topliss-reactive ketones (excluding diaryl/α,β-unsaturated/α-hetero) is 1. The number of rotatable bonds is 3. The highest BCUT2D eigenvalue weighted by atomic mass is 16.1. The zero-order chi connectivity index (χ0) is 9.84. The summed E-state index contributed by atoms with van der Waals surface area (Å²) in [4.78, 5) is 13.7. The Morgan fingerprint density at radius 1 is 1.54 bits per heavy atom. The fraction of sp³-hybridized carbons (Fsp3) is 0.900. The minimum atomic E-state index is 0.0949. The van der Waals surface area contributed by atoms with Gasteiger partial charge in [0.15, 0.2) is 0 Å². The zero-order valence-corrected chi connectivity index (χ0v) is 8.62. The Balaban J connectivity index is 2.39. The van der Waals surface area contributed by atoms with Crippen molar-refractivity contribution < 1.29 is 4.79 Å². The first-order chi connectivity index (χ1) is 6.15. The molecule has 76 valence electrons. The fourth-order valence-corrected chi connectivity index (χ4v) is 1.81. The predicted molar refractivity (Wildman–Crippen MR) is 53.5 cm³/mol. The lowest BCUT2D eigenvalue weighted by Crippen LogP contribution is -2.46. The number of carbonyl (C=O) groups excluding carboxylic acids is 1. The van der Waals surface area contributed by atoms with Crippen LogP contribution < -0.4 is 5.73 Å². The van der Waals surface area contributed by atoms with Crippen molar-refractivity contribution in [2.75, 3.05) is 13.1 Å². The van der Waals surface area contributed by atoms with Crippen LogP contribution in [0.2, 0.25) is 0 Å². The average molecular weight is 184 g/mol. The molecule has 1 saturated heterocycles. The maximum absolute atomic E-state index is 11.4. The normalized spacial score (nSPS) is 23.0. The SMILES string of the molecule is CCC(=O)C(C)N1CCC(N)CC1. The van der Waals surface area contributed by atoms with E-state index < -0.39 is 0 Å². The molecule has 2 N–H and O–H groups in total. The topological polar surface area (TPSA) is 46.3 Å². The molecule has 1 fully saturated rings. The second kappa shape index (κ2) is 4.72. The molecule has 13 heavy (non-hydrogen) atoms. The van der Waals surface area contributed by atoms with E-state index in [4.69, 9.17) is 5.73 Å². The molecule has 1 heterocycles. The van der Waals surface area contributed by atoms with Crippen LogP contribution >= 0.6 is 0 Å². The van der Waals surface area contributed by atoms with Gasteiger partial charge in [-0.15, -0.1) is 0 Å². The molecule has 1 rings (SSSR count). The van der Waals surface area contributed by atoms with Crippen molar-refractivity contribution in [1.29, 1.82) is 0 Å².